The molecule has 2 N–H and O–H groups in total. The number of hydrogen-bond donors (Lipinski definition) is 2. The summed E-state index contributed by atoms with van der Waals surface area (Å²) in [5, 5.41) is 22.9. The van der Waals surface area contributed by atoms with Crippen LogP contribution in [0.4, 0.5) is 26.3 Å². The van der Waals surface area contributed by atoms with Crippen molar-refractivity contribution in [3.63, 3.8) is 0 Å². The number of aryl methyl sites for hydroxylation is 1. The number of furan rings is 1. The Bertz CT molecular complexity index is 989. The van der Waals surface area contributed by atoms with E-state index < -0.39 is 24.3 Å². The number of piperidine rings is 1. The summed E-state index contributed by atoms with van der Waals surface area (Å²) in [6.45, 7) is 7.16. The lowest BCUT2D eigenvalue weighted by molar-refractivity contribution is -0.193. The highest BCUT2D eigenvalue weighted by Crippen LogP contribution is 2.36. The van der Waals surface area contributed by atoms with Crippen LogP contribution in [-0.2, 0) is 28.2 Å². The highest BCUT2D eigenvalue weighted by atomic mass is 19.4. The summed E-state index contributed by atoms with van der Waals surface area (Å²) in [5.74, 6) is -2.29. The van der Waals surface area contributed by atoms with E-state index in [1.807, 2.05) is 6.07 Å². The third kappa shape index (κ3) is 7.68. The zero-order valence-electron chi connectivity index (χ0n) is 19.3. The van der Waals surface area contributed by atoms with Gasteiger partial charge in [-0.1, -0.05) is 0 Å². The van der Waals surface area contributed by atoms with E-state index in [2.05, 4.69) is 44.6 Å². The van der Waals surface area contributed by atoms with Crippen LogP contribution in [0.2, 0.25) is 0 Å². The van der Waals surface area contributed by atoms with Gasteiger partial charge in [-0.2, -0.15) is 26.3 Å². The number of halogens is 6. The fourth-order valence-electron chi connectivity index (χ4n) is 4.13. The van der Waals surface area contributed by atoms with Crippen molar-refractivity contribution < 1.29 is 50.6 Å². The van der Waals surface area contributed by atoms with Crippen molar-refractivity contribution in [2.75, 3.05) is 26.7 Å². The van der Waals surface area contributed by atoms with Gasteiger partial charge in [0.05, 0.1) is 24.9 Å². The number of rotatable bonds is 2. The largest absolute Gasteiger partial charge is 0.490 e. The molecule has 36 heavy (non-hydrogen) atoms. The number of carboxylic acid groups (broad SMARTS) is 2. The van der Waals surface area contributed by atoms with Gasteiger partial charge in [0.2, 0.25) is 0 Å². The lowest BCUT2D eigenvalue weighted by atomic mass is 9.84. The molecule has 4 heterocycles. The maximum absolute atomic E-state index is 10.6. The number of likely N-dealkylation sites (tertiary alicyclic amines) is 1. The molecule has 0 bridgehead atoms. The molecular formula is C20H25F6N5O5. The maximum atomic E-state index is 10.6. The molecule has 0 amide bonds. The summed E-state index contributed by atoms with van der Waals surface area (Å²) in [6, 6.07) is 4.02. The van der Waals surface area contributed by atoms with Gasteiger partial charge in [0.15, 0.2) is 0 Å². The Morgan fingerprint density at radius 3 is 2.03 bits per heavy atom. The van der Waals surface area contributed by atoms with E-state index in [0.29, 0.717) is 0 Å². The highest BCUT2D eigenvalue weighted by molar-refractivity contribution is 5.73. The minimum absolute atomic E-state index is 0.162. The molecule has 1 saturated heterocycles. The highest BCUT2D eigenvalue weighted by Gasteiger charge is 2.43. The topological polar surface area (TPSA) is 125 Å². The van der Waals surface area contributed by atoms with Crippen LogP contribution in [-0.4, -0.2) is 85.8 Å². The molecule has 1 fully saturated rings. The molecule has 0 aliphatic carbocycles. The van der Waals surface area contributed by atoms with Crippen molar-refractivity contribution in [3.8, 4) is 0 Å². The van der Waals surface area contributed by atoms with Crippen molar-refractivity contribution >= 4 is 11.9 Å². The second-order valence-electron chi connectivity index (χ2n) is 8.36. The van der Waals surface area contributed by atoms with E-state index in [0.717, 1.165) is 63.0 Å². The first kappa shape index (κ1) is 29.1. The Labute approximate surface area is 201 Å². The minimum Gasteiger partial charge on any atom is -0.475 e. The first-order valence-electron chi connectivity index (χ1n) is 10.5. The summed E-state index contributed by atoms with van der Waals surface area (Å²) < 4.78 is 71.4. The minimum atomic E-state index is -5.08. The summed E-state index contributed by atoms with van der Waals surface area (Å²) >= 11 is 0. The average Bonchev–Trinajstić information content (AvgIpc) is 3.39. The van der Waals surface area contributed by atoms with Crippen molar-refractivity contribution in [2.45, 2.75) is 50.7 Å². The van der Waals surface area contributed by atoms with Crippen LogP contribution in [0, 0.1) is 6.92 Å². The monoisotopic (exact) mass is 529 g/mol. The standard InChI is InChI=1S/C16H23N5O.2C2HF3O2/c1-13-17-18-15-11-19(2)12-16(21(13)15)5-7-20(8-6-16)10-14-4-3-9-22-14;2*3-2(4,5)1(6)7/h3-4,9H,5-8,10-12H2,1-2H3;2*(H,6,7). The molecule has 202 valence electrons. The van der Waals surface area contributed by atoms with Crippen molar-refractivity contribution in [1.82, 2.24) is 24.6 Å². The van der Waals surface area contributed by atoms with Crippen molar-refractivity contribution in [1.29, 1.82) is 0 Å². The van der Waals surface area contributed by atoms with E-state index in [1.54, 1.807) is 6.26 Å². The molecule has 0 radical (unpaired) electrons. The average molecular weight is 529 g/mol. The molecular weight excluding hydrogens is 504 g/mol. The first-order chi connectivity index (χ1) is 16.5. The maximum Gasteiger partial charge on any atom is 0.490 e. The van der Waals surface area contributed by atoms with Gasteiger partial charge in [-0.3, -0.25) is 9.80 Å². The first-order valence-corrected chi connectivity index (χ1v) is 10.5. The van der Waals surface area contributed by atoms with Crippen LogP contribution < -0.4 is 0 Å². The van der Waals surface area contributed by atoms with Crippen molar-refractivity contribution in [2.24, 2.45) is 0 Å². The number of hydrogen-bond acceptors (Lipinski definition) is 7. The Morgan fingerprint density at radius 1 is 1.06 bits per heavy atom. The van der Waals surface area contributed by atoms with E-state index in [9.17, 15) is 26.3 Å². The fraction of sp³-hybridized carbons (Fsp3) is 0.600. The van der Waals surface area contributed by atoms with Crippen LogP contribution in [0.15, 0.2) is 22.8 Å². The predicted octanol–water partition coefficient (Wildman–Crippen LogP) is 2.88. The van der Waals surface area contributed by atoms with Crippen LogP contribution in [0.5, 0.6) is 0 Å². The predicted molar refractivity (Wildman–Crippen MR) is 110 cm³/mol. The van der Waals surface area contributed by atoms with Gasteiger partial charge in [-0.15, -0.1) is 10.2 Å². The quantitative estimate of drug-likeness (QED) is 0.565. The van der Waals surface area contributed by atoms with E-state index in [-0.39, 0.29) is 5.54 Å². The van der Waals surface area contributed by atoms with Gasteiger partial charge in [0.1, 0.15) is 17.4 Å². The van der Waals surface area contributed by atoms with Crippen molar-refractivity contribution in [3.05, 3.63) is 35.8 Å². The van der Waals surface area contributed by atoms with E-state index in [1.165, 1.54) is 0 Å². The second kappa shape index (κ2) is 11.3. The number of likely N-dealkylation sites (N-methyl/N-ethyl adjacent to an activating group) is 1. The molecule has 16 heteroatoms. The summed E-state index contributed by atoms with van der Waals surface area (Å²) in [7, 11) is 2.19. The summed E-state index contributed by atoms with van der Waals surface area (Å²) in [6.07, 6.45) is -6.13. The summed E-state index contributed by atoms with van der Waals surface area (Å²) in [4.78, 5) is 22.7. The molecule has 1 spiro atoms. The number of alkyl halides is 6. The Hall–Kier alpha value is -3.14. The van der Waals surface area contributed by atoms with Crippen LogP contribution in [0.1, 0.15) is 30.3 Å². The lowest BCUT2D eigenvalue weighted by Gasteiger charge is -2.48. The molecule has 0 atom stereocenters. The molecule has 4 rings (SSSR count). The van der Waals surface area contributed by atoms with E-state index >= 15 is 0 Å². The van der Waals surface area contributed by atoms with Gasteiger partial charge >= 0.3 is 24.3 Å². The normalized spacial score (nSPS) is 17.9. The van der Waals surface area contributed by atoms with Gasteiger partial charge in [0.25, 0.3) is 0 Å². The molecule has 2 aromatic rings. The number of aromatic nitrogens is 3. The van der Waals surface area contributed by atoms with Gasteiger partial charge in [0, 0.05) is 19.6 Å². The molecule has 0 aromatic carbocycles. The molecule has 2 aromatic heterocycles. The number of carbonyl (C=O) groups is 2. The molecule has 2 aliphatic heterocycles. The smallest absolute Gasteiger partial charge is 0.475 e. The third-order valence-electron chi connectivity index (χ3n) is 5.57. The zero-order chi connectivity index (χ0) is 27.3. The van der Waals surface area contributed by atoms with Gasteiger partial charge in [-0.05, 0) is 38.9 Å². The number of aliphatic carboxylic acids is 2. The molecule has 10 nitrogen and oxygen atoms in total. The van der Waals surface area contributed by atoms with Gasteiger partial charge in [-0.25, -0.2) is 9.59 Å². The molecule has 2 aliphatic rings. The van der Waals surface area contributed by atoms with Crippen LogP contribution in [0.3, 0.4) is 0 Å². The Kier molecular flexibility index (Phi) is 9.12. The Morgan fingerprint density at radius 2 is 1.58 bits per heavy atom. The Balaban J connectivity index is 0.000000271. The number of nitrogens with zero attached hydrogens (tertiary/aromatic N) is 5. The van der Waals surface area contributed by atoms with Crippen LogP contribution in [0.25, 0.3) is 0 Å². The second-order valence-corrected chi connectivity index (χ2v) is 8.36. The lowest BCUT2D eigenvalue weighted by Crippen LogP contribution is -2.55. The van der Waals surface area contributed by atoms with Gasteiger partial charge < -0.3 is 19.2 Å². The summed E-state index contributed by atoms with van der Waals surface area (Å²) in [5.41, 5.74) is 0.162. The molecule has 0 unspecified atom stereocenters. The van der Waals surface area contributed by atoms with Crippen LogP contribution >= 0.6 is 0 Å². The zero-order valence-corrected chi connectivity index (χ0v) is 19.3. The van der Waals surface area contributed by atoms with E-state index in [4.69, 9.17) is 24.2 Å². The SMILES string of the molecule is Cc1nnc2n1C1(CCN(Cc3ccco3)CC1)CN(C)C2.O=C(O)C(F)(F)F.O=C(O)C(F)(F)F. The third-order valence-corrected chi connectivity index (χ3v) is 5.57. The number of fused-ring (bicyclic) bond motifs is 2. The molecule has 0 saturated carbocycles. The fourth-order valence-corrected chi connectivity index (χ4v) is 4.13. The number of carboxylic acids is 2.